The molecule has 0 saturated carbocycles. The van der Waals surface area contributed by atoms with Crippen molar-refractivity contribution >= 4 is 5.91 Å². The molecule has 0 spiro atoms. The summed E-state index contributed by atoms with van der Waals surface area (Å²) in [6, 6.07) is 5.71. The van der Waals surface area contributed by atoms with Crippen molar-refractivity contribution in [2.24, 2.45) is 0 Å². The number of rotatable bonds is 8. The third-order valence-corrected chi connectivity index (χ3v) is 3.01. The third-order valence-electron chi connectivity index (χ3n) is 3.01. The van der Waals surface area contributed by atoms with Crippen LogP contribution in [0.4, 0.5) is 0 Å². The molecule has 0 aliphatic heterocycles. The van der Waals surface area contributed by atoms with E-state index in [4.69, 9.17) is 9.47 Å². The van der Waals surface area contributed by atoms with E-state index in [0.29, 0.717) is 12.3 Å². The van der Waals surface area contributed by atoms with E-state index in [1.54, 1.807) is 7.11 Å². The van der Waals surface area contributed by atoms with Gasteiger partial charge in [0, 0.05) is 18.2 Å². The van der Waals surface area contributed by atoms with Crippen LogP contribution in [0.2, 0.25) is 0 Å². The first-order valence-corrected chi connectivity index (χ1v) is 6.84. The second-order valence-corrected chi connectivity index (χ2v) is 4.67. The van der Waals surface area contributed by atoms with Gasteiger partial charge in [0.2, 0.25) is 0 Å². The van der Waals surface area contributed by atoms with Gasteiger partial charge in [-0.05, 0) is 38.6 Å². The summed E-state index contributed by atoms with van der Waals surface area (Å²) in [4.78, 5) is 11.7. The highest BCUT2D eigenvalue weighted by atomic mass is 16.5. The lowest BCUT2D eigenvalue weighted by Crippen LogP contribution is -2.35. The number of carbonyl (C=O) groups is 1. The molecule has 0 bridgehead atoms. The van der Waals surface area contributed by atoms with Crippen molar-refractivity contribution in [3.63, 3.8) is 0 Å². The van der Waals surface area contributed by atoms with Gasteiger partial charge in [0.05, 0.1) is 7.11 Å². The number of nitrogens with one attached hydrogen (secondary N) is 2. The topological polar surface area (TPSA) is 59.6 Å². The molecule has 1 rings (SSSR count). The molecular weight excluding hydrogens is 256 g/mol. The van der Waals surface area contributed by atoms with Gasteiger partial charge in [0.15, 0.2) is 6.61 Å². The van der Waals surface area contributed by atoms with Gasteiger partial charge in [-0.25, -0.2) is 0 Å². The van der Waals surface area contributed by atoms with Crippen LogP contribution in [0.5, 0.6) is 11.5 Å². The van der Waals surface area contributed by atoms with E-state index in [-0.39, 0.29) is 18.6 Å². The Morgan fingerprint density at radius 1 is 1.40 bits per heavy atom. The molecule has 0 saturated heterocycles. The van der Waals surface area contributed by atoms with Gasteiger partial charge in [-0.2, -0.15) is 0 Å². The van der Waals surface area contributed by atoms with E-state index in [0.717, 1.165) is 17.7 Å². The maximum atomic E-state index is 11.7. The highest BCUT2D eigenvalue weighted by Gasteiger charge is 2.09. The molecule has 0 fully saturated rings. The van der Waals surface area contributed by atoms with Gasteiger partial charge in [0.1, 0.15) is 11.5 Å². The number of ether oxygens (including phenoxy) is 2. The molecule has 0 aliphatic rings. The fraction of sp³-hybridized carbons (Fsp3) is 0.533. The van der Waals surface area contributed by atoms with Crippen LogP contribution in [0.25, 0.3) is 0 Å². The molecule has 112 valence electrons. The van der Waals surface area contributed by atoms with E-state index >= 15 is 0 Å². The van der Waals surface area contributed by atoms with E-state index in [1.165, 1.54) is 0 Å². The molecule has 1 amide bonds. The van der Waals surface area contributed by atoms with Crippen LogP contribution < -0.4 is 20.1 Å². The molecule has 0 heterocycles. The predicted molar refractivity (Wildman–Crippen MR) is 79.1 cm³/mol. The van der Waals surface area contributed by atoms with Crippen LogP contribution in [0.15, 0.2) is 18.2 Å². The average Bonchev–Trinajstić information content (AvgIpc) is 2.46. The number of benzene rings is 1. The Hall–Kier alpha value is -1.75. The number of methoxy groups -OCH3 is 1. The Bertz CT molecular complexity index is 435. The summed E-state index contributed by atoms with van der Waals surface area (Å²) in [5.41, 5.74) is 0.961. The molecule has 0 aliphatic carbocycles. The molecule has 0 radical (unpaired) electrons. The van der Waals surface area contributed by atoms with Crippen LogP contribution in [0.3, 0.4) is 0 Å². The van der Waals surface area contributed by atoms with Crippen LogP contribution in [-0.2, 0) is 11.3 Å². The highest BCUT2D eigenvalue weighted by molar-refractivity contribution is 5.77. The zero-order valence-electron chi connectivity index (χ0n) is 12.7. The molecule has 1 atom stereocenters. The van der Waals surface area contributed by atoms with Gasteiger partial charge in [-0.15, -0.1) is 0 Å². The number of carbonyl (C=O) groups excluding carboxylic acids is 1. The maximum Gasteiger partial charge on any atom is 0.258 e. The third kappa shape index (κ3) is 5.09. The van der Waals surface area contributed by atoms with E-state index in [2.05, 4.69) is 10.6 Å². The first kappa shape index (κ1) is 16.3. The summed E-state index contributed by atoms with van der Waals surface area (Å²) in [5.74, 6) is 1.36. The summed E-state index contributed by atoms with van der Waals surface area (Å²) >= 11 is 0. The Labute approximate surface area is 120 Å². The minimum atomic E-state index is -0.106. The number of hydrogen-bond donors (Lipinski definition) is 2. The van der Waals surface area contributed by atoms with Gasteiger partial charge in [-0.3, -0.25) is 4.79 Å². The number of hydrogen-bond acceptors (Lipinski definition) is 4. The summed E-state index contributed by atoms with van der Waals surface area (Å²) < 4.78 is 10.8. The van der Waals surface area contributed by atoms with E-state index in [1.807, 2.05) is 39.1 Å². The first-order valence-electron chi connectivity index (χ1n) is 6.84. The smallest absolute Gasteiger partial charge is 0.258 e. The minimum absolute atomic E-state index is 0.0212. The largest absolute Gasteiger partial charge is 0.497 e. The average molecular weight is 280 g/mol. The Balaban J connectivity index is 2.64. The lowest BCUT2D eigenvalue weighted by molar-refractivity contribution is -0.123. The molecule has 1 aromatic rings. The van der Waals surface area contributed by atoms with Crippen molar-refractivity contribution < 1.29 is 14.3 Å². The fourth-order valence-electron chi connectivity index (χ4n) is 1.71. The van der Waals surface area contributed by atoms with Crippen LogP contribution in [0.1, 0.15) is 25.8 Å². The van der Waals surface area contributed by atoms with Crippen molar-refractivity contribution in [2.45, 2.75) is 32.9 Å². The zero-order valence-corrected chi connectivity index (χ0v) is 12.7. The first-order chi connectivity index (χ1) is 9.60. The molecule has 0 aromatic heterocycles. The normalized spacial score (nSPS) is 11.8. The molecule has 2 N–H and O–H groups in total. The Morgan fingerprint density at radius 2 is 2.15 bits per heavy atom. The second-order valence-electron chi connectivity index (χ2n) is 4.67. The van der Waals surface area contributed by atoms with Crippen LogP contribution >= 0.6 is 0 Å². The molecule has 1 unspecified atom stereocenters. The van der Waals surface area contributed by atoms with Gasteiger partial charge < -0.3 is 20.1 Å². The molecule has 20 heavy (non-hydrogen) atoms. The molecule has 1 aromatic carbocycles. The van der Waals surface area contributed by atoms with Crippen molar-refractivity contribution in [1.82, 2.24) is 10.6 Å². The van der Waals surface area contributed by atoms with Crippen molar-refractivity contribution in [1.29, 1.82) is 0 Å². The summed E-state index contributed by atoms with van der Waals surface area (Å²) in [6.07, 6.45) is 0.902. The lowest BCUT2D eigenvalue weighted by atomic mass is 10.2. The standard InChI is InChI=1S/C15H24N2O3/c1-5-11(2)17-15(18)10-20-14-7-6-13(19-4)8-12(14)9-16-3/h6-8,11,16H,5,9-10H2,1-4H3,(H,17,18). The quantitative estimate of drug-likeness (QED) is 0.761. The molecule has 5 heteroatoms. The van der Waals surface area contributed by atoms with Gasteiger partial charge in [0.25, 0.3) is 5.91 Å². The summed E-state index contributed by atoms with van der Waals surface area (Å²) in [7, 11) is 3.48. The lowest BCUT2D eigenvalue weighted by Gasteiger charge is -2.14. The van der Waals surface area contributed by atoms with E-state index in [9.17, 15) is 4.79 Å². The minimum Gasteiger partial charge on any atom is -0.497 e. The molecular formula is C15H24N2O3. The van der Waals surface area contributed by atoms with Crippen LogP contribution in [0, 0.1) is 0 Å². The van der Waals surface area contributed by atoms with E-state index < -0.39 is 0 Å². The van der Waals surface area contributed by atoms with Crippen molar-refractivity contribution in [2.75, 3.05) is 20.8 Å². The summed E-state index contributed by atoms with van der Waals surface area (Å²) in [5, 5.41) is 5.94. The molecule has 5 nitrogen and oxygen atoms in total. The van der Waals surface area contributed by atoms with Crippen LogP contribution in [-0.4, -0.2) is 32.7 Å². The van der Waals surface area contributed by atoms with Crippen molar-refractivity contribution in [3.8, 4) is 11.5 Å². The van der Waals surface area contributed by atoms with Gasteiger partial charge in [-0.1, -0.05) is 6.92 Å². The Morgan fingerprint density at radius 3 is 2.75 bits per heavy atom. The fourth-order valence-corrected chi connectivity index (χ4v) is 1.71. The second kappa shape index (κ2) is 8.43. The SMILES string of the molecule is CCC(C)NC(=O)COc1ccc(OC)cc1CNC. The van der Waals surface area contributed by atoms with Gasteiger partial charge >= 0.3 is 0 Å². The van der Waals surface area contributed by atoms with Crippen molar-refractivity contribution in [3.05, 3.63) is 23.8 Å². The summed E-state index contributed by atoms with van der Waals surface area (Å²) in [6.45, 7) is 4.67. The highest BCUT2D eigenvalue weighted by Crippen LogP contribution is 2.24. The maximum absolute atomic E-state index is 11.7. The Kier molecular flexibility index (Phi) is 6.87. The number of amides is 1. The zero-order chi connectivity index (χ0) is 15.0. The predicted octanol–water partition coefficient (Wildman–Crippen LogP) is 1.71. The monoisotopic (exact) mass is 280 g/mol.